The van der Waals surface area contributed by atoms with Crippen LogP contribution in [-0.4, -0.2) is 22.2 Å². The van der Waals surface area contributed by atoms with E-state index in [0.717, 1.165) is 11.9 Å². The molecule has 0 unspecified atom stereocenters. The Bertz CT molecular complexity index is 464. The van der Waals surface area contributed by atoms with Crippen LogP contribution < -0.4 is 17.0 Å². The number of hydrogen-bond donors (Lipinski definition) is 0. The van der Waals surface area contributed by atoms with Gasteiger partial charge in [-0.2, -0.15) is 4.58 Å². The molecule has 1 aromatic rings. The van der Waals surface area contributed by atoms with Gasteiger partial charge in [0.1, 0.15) is 6.54 Å². The maximum atomic E-state index is 3.50. The van der Waals surface area contributed by atoms with Crippen molar-refractivity contribution < 1.29 is 21.6 Å². The SMILES string of the molecule is CC1=[N+](CCCCCBr)c2ccccc2C1(C)C.[Br-]. The monoisotopic (exact) mass is 387 g/mol. The minimum atomic E-state index is 0. The van der Waals surface area contributed by atoms with Gasteiger partial charge in [0.15, 0.2) is 5.71 Å². The number of fused-ring (bicyclic) bond motifs is 1. The summed E-state index contributed by atoms with van der Waals surface area (Å²) in [4.78, 5) is 0. The minimum absolute atomic E-state index is 0. The molecule has 1 aromatic carbocycles. The number of unbranched alkanes of at least 4 members (excludes halogenated alkanes) is 2. The van der Waals surface area contributed by atoms with Gasteiger partial charge in [0.25, 0.3) is 0 Å². The van der Waals surface area contributed by atoms with Crippen LogP contribution in [0.25, 0.3) is 0 Å². The van der Waals surface area contributed by atoms with Crippen molar-refractivity contribution in [3.8, 4) is 0 Å². The van der Waals surface area contributed by atoms with Crippen molar-refractivity contribution >= 4 is 27.3 Å². The third-order valence-electron chi connectivity index (χ3n) is 4.19. The molecule has 3 heteroatoms. The van der Waals surface area contributed by atoms with Crippen molar-refractivity contribution in [1.29, 1.82) is 0 Å². The molecule has 0 saturated heterocycles. The summed E-state index contributed by atoms with van der Waals surface area (Å²) in [6.45, 7) is 8.10. The van der Waals surface area contributed by atoms with Crippen molar-refractivity contribution in [3.05, 3.63) is 29.8 Å². The van der Waals surface area contributed by atoms with Crippen LogP contribution in [0.3, 0.4) is 0 Å². The van der Waals surface area contributed by atoms with Crippen molar-refractivity contribution in [2.24, 2.45) is 0 Å². The summed E-state index contributed by atoms with van der Waals surface area (Å²) in [6, 6.07) is 8.84. The summed E-state index contributed by atoms with van der Waals surface area (Å²) in [6.07, 6.45) is 3.85. The standard InChI is InChI=1S/C16H23BrN.BrH/c1-13-16(2,3)14-9-5-6-10-15(14)18(13)12-8-4-7-11-17;/h5-6,9-10H,4,7-8,11-12H2,1-3H3;1H/q+1;/p-1. The highest BCUT2D eigenvalue weighted by molar-refractivity contribution is 9.09. The van der Waals surface area contributed by atoms with Gasteiger partial charge in [-0.3, -0.25) is 0 Å². The van der Waals surface area contributed by atoms with E-state index in [0.29, 0.717) is 0 Å². The van der Waals surface area contributed by atoms with Crippen molar-refractivity contribution in [3.63, 3.8) is 0 Å². The fourth-order valence-electron chi connectivity index (χ4n) is 2.78. The first-order valence-corrected chi connectivity index (χ1v) is 7.98. The van der Waals surface area contributed by atoms with Gasteiger partial charge >= 0.3 is 0 Å². The second-order valence-electron chi connectivity index (χ2n) is 5.63. The molecule has 0 saturated carbocycles. The van der Waals surface area contributed by atoms with E-state index in [1.54, 1.807) is 0 Å². The minimum Gasteiger partial charge on any atom is -1.00 e. The van der Waals surface area contributed by atoms with Gasteiger partial charge < -0.3 is 17.0 Å². The van der Waals surface area contributed by atoms with Crippen LogP contribution in [-0.2, 0) is 5.41 Å². The molecule has 106 valence electrons. The lowest BCUT2D eigenvalue weighted by atomic mass is 9.82. The molecular formula is C16H23Br2N. The fraction of sp³-hybridized carbons (Fsp3) is 0.562. The van der Waals surface area contributed by atoms with Crippen LogP contribution in [0, 0.1) is 0 Å². The van der Waals surface area contributed by atoms with Gasteiger partial charge in [0.05, 0.1) is 5.41 Å². The summed E-state index contributed by atoms with van der Waals surface area (Å²) in [5.74, 6) is 0. The van der Waals surface area contributed by atoms with Crippen molar-refractivity contribution in [2.75, 3.05) is 11.9 Å². The molecule has 0 radical (unpaired) electrons. The number of para-hydroxylation sites is 1. The van der Waals surface area contributed by atoms with E-state index < -0.39 is 0 Å². The molecule has 0 spiro atoms. The molecular weight excluding hydrogens is 366 g/mol. The number of nitrogens with zero attached hydrogens (tertiary/aromatic N) is 1. The van der Waals surface area contributed by atoms with Gasteiger partial charge in [0.2, 0.25) is 5.69 Å². The first kappa shape index (κ1) is 16.9. The molecule has 1 heterocycles. The smallest absolute Gasteiger partial charge is 0.209 e. The van der Waals surface area contributed by atoms with Gasteiger partial charge in [-0.1, -0.05) is 34.1 Å². The second-order valence-corrected chi connectivity index (χ2v) is 6.42. The molecule has 1 nitrogen and oxygen atoms in total. The van der Waals surface area contributed by atoms with Crippen molar-refractivity contribution in [2.45, 2.75) is 45.4 Å². The molecule has 19 heavy (non-hydrogen) atoms. The average molecular weight is 389 g/mol. The first-order chi connectivity index (χ1) is 8.59. The zero-order valence-corrected chi connectivity index (χ0v) is 15.2. The predicted molar refractivity (Wildman–Crippen MR) is 82.6 cm³/mol. The molecule has 1 aliphatic heterocycles. The lowest BCUT2D eigenvalue weighted by Gasteiger charge is -2.14. The molecule has 0 amide bonds. The fourth-order valence-corrected chi connectivity index (χ4v) is 3.18. The molecule has 0 aliphatic carbocycles. The van der Waals surface area contributed by atoms with Gasteiger partial charge in [-0.15, -0.1) is 0 Å². The van der Waals surface area contributed by atoms with E-state index in [9.17, 15) is 0 Å². The highest BCUT2D eigenvalue weighted by Gasteiger charge is 2.42. The Balaban J connectivity index is 0.00000180. The summed E-state index contributed by atoms with van der Waals surface area (Å²) >= 11 is 3.50. The molecule has 0 fully saturated rings. The maximum absolute atomic E-state index is 3.50. The number of rotatable bonds is 5. The van der Waals surface area contributed by atoms with E-state index in [1.165, 1.54) is 36.2 Å². The quantitative estimate of drug-likeness (QED) is 0.410. The second kappa shape index (κ2) is 7.03. The highest BCUT2D eigenvalue weighted by atomic mass is 79.9. The Labute approximate surface area is 136 Å². The Hall–Kier alpha value is -0.150. The summed E-state index contributed by atoms with van der Waals surface area (Å²) in [5, 5.41) is 1.12. The first-order valence-electron chi connectivity index (χ1n) is 6.86. The Morgan fingerprint density at radius 2 is 1.79 bits per heavy atom. The maximum Gasteiger partial charge on any atom is 0.209 e. The van der Waals surface area contributed by atoms with E-state index in [1.807, 2.05) is 0 Å². The summed E-state index contributed by atoms with van der Waals surface area (Å²) in [7, 11) is 0. The molecule has 2 rings (SSSR count). The lowest BCUT2D eigenvalue weighted by molar-refractivity contribution is -0.439. The van der Waals surface area contributed by atoms with Crippen LogP contribution in [0.4, 0.5) is 5.69 Å². The number of halogens is 2. The van der Waals surface area contributed by atoms with Crippen molar-refractivity contribution in [1.82, 2.24) is 0 Å². The number of hydrogen-bond acceptors (Lipinski definition) is 0. The Morgan fingerprint density at radius 1 is 1.11 bits per heavy atom. The van der Waals surface area contributed by atoms with E-state index in [4.69, 9.17) is 0 Å². The van der Waals surface area contributed by atoms with Crippen LogP contribution in [0.2, 0.25) is 0 Å². The number of alkyl halides is 1. The van der Waals surface area contributed by atoms with E-state index in [2.05, 4.69) is 65.5 Å². The van der Waals surface area contributed by atoms with E-state index in [-0.39, 0.29) is 22.4 Å². The van der Waals surface area contributed by atoms with Gasteiger partial charge in [0, 0.05) is 30.3 Å². The molecule has 0 aromatic heterocycles. The molecule has 0 N–H and O–H groups in total. The van der Waals surface area contributed by atoms with Crippen LogP contribution in [0.5, 0.6) is 0 Å². The van der Waals surface area contributed by atoms with Gasteiger partial charge in [-0.25, -0.2) is 0 Å². The van der Waals surface area contributed by atoms with Crippen LogP contribution in [0.1, 0.15) is 45.6 Å². The topological polar surface area (TPSA) is 3.01 Å². The molecule has 1 aliphatic rings. The van der Waals surface area contributed by atoms with Crippen LogP contribution >= 0.6 is 15.9 Å². The summed E-state index contributed by atoms with van der Waals surface area (Å²) in [5.41, 5.74) is 4.57. The largest absolute Gasteiger partial charge is 1.00 e. The normalized spacial score (nSPS) is 16.2. The molecule has 0 bridgehead atoms. The predicted octanol–water partition coefficient (Wildman–Crippen LogP) is 1.65. The zero-order valence-electron chi connectivity index (χ0n) is 12.0. The molecule has 0 atom stereocenters. The Kier molecular flexibility index (Phi) is 6.25. The van der Waals surface area contributed by atoms with Gasteiger partial charge in [-0.05, 0) is 26.7 Å². The Morgan fingerprint density at radius 3 is 2.47 bits per heavy atom. The lowest BCUT2D eigenvalue weighted by Crippen LogP contribution is -3.00. The highest BCUT2D eigenvalue weighted by Crippen LogP contribution is 2.39. The zero-order chi connectivity index (χ0) is 13.2. The van der Waals surface area contributed by atoms with E-state index >= 15 is 0 Å². The average Bonchev–Trinajstić information content (AvgIpc) is 2.56. The third-order valence-corrected chi connectivity index (χ3v) is 4.75. The summed E-state index contributed by atoms with van der Waals surface area (Å²) < 4.78 is 2.52. The number of benzene rings is 1. The van der Waals surface area contributed by atoms with Crippen LogP contribution in [0.15, 0.2) is 24.3 Å². The third kappa shape index (κ3) is 3.30.